The number of nitrogens with one attached hydrogen (secondary N) is 1. The van der Waals surface area contributed by atoms with E-state index in [4.69, 9.17) is 14.0 Å². The molecule has 1 fully saturated rings. The Bertz CT molecular complexity index is 831. The van der Waals surface area contributed by atoms with Crippen molar-refractivity contribution in [2.24, 2.45) is 0 Å². The number of ether oxygens (including phenoxy) is 2. The molecule has 0 aliphatic carbocycles. The highest BCUT2D eigenvalue weighted by Crippen LogP contribution is 2.32. The van der Waals surface area contributed by atoms with Crippen molar-refractivity contribution < 1.29 is 18.8 Å². The Labute approximate surface area is 163 Å². The van der Waals surface area contributed by atoms with Gasteiger partial charge in [0.25, 0.3) is 0 Å². The van der Waals surface area contributed by atoms with Crippen molar-refractivity contribution in [3.63, 3.8) is 0 Å². The van der Waals surface area contributed by atoms with Crippen molar-refractivity contribution in [2.45, 2.75) is 32.9 Å². The van der Waals surface area contributed by atoms with E-state index in [1.54, 1.807) is 6.92 Å². The molecule has 2 amide bonds. The fourth-order valence-corrected chi connectivity index (χ4v) is 3.44. The highest BCUT2D eigenvalue weighted by Gasteiger charge is 2.25. The fourth-order valence-electron chi connectivity index (χ4n) is 3.44. The number of aryl methyl sites for hydroxylation is 1. The van der Waals surface area contributed by atoms with Gasteiger partial charge in [-0.1, -0.05) is 18.1 Å². The van der Waals surface area contributed by atoms with E-state index in [1.807, 2.05) is 24.0 Å². The number of carbonyl (C=O) groups is 1. The average molecular weight is 387 g/mol. The monoisotopic (exact) mass is 387 g/mol. The maximum atomic E-state index is 12.6. The second-order valence-corrected chi connectivity index (χ2v) is 7.04. The first-order chi connectivity index (χ1) is 13.6. The van der Waals surface area contributed by atoms with Crippen LogP contribution in [-0.4, -0.2) is 58.9 Å². The van der Waals surface area contributed by atoms with Crippen LogP contribution < -0.4 is 14.8 Å². The van der Waals surface area contributed by atoms with Gasteiger partial charge in [0, 0.05) is 32.7 Å². The molecule has 0 spiro atoms. The molecule has 2 aromatic rings. The first kappa shape index (κ1) is 18.5. The van der Waals surface area contributed by atoms with E-state index in [1.165, 1.54) is 5.56 Å². The summed E-state index contributed by atoms with van der Waals surface area (Å²) in [6.07, 6.45) is 0.692. The molecule has 28 heavy (non-hydrogen) atoms. The Balaban J connectivity index is 1.28. The smallest absolute Gasteiger partial charge is 0.318 e. The molecule has 1 aromatic heterocycles. The van der Waals surface area contributed by atoms with Crippen LogP contribution in [0.5, 0.6) is 11.5 Å². The molecule has 9 nitrogen and oxygen atoms in total. The highest BCUT2D eigenvalue weighted by molar-refractivity contribution is 5.74. The van der Waals surface area contributed by atoms with Crippen LogP contribution in [0.1, 0.15) is 36.7 Å². The van der Waals surface area contributed by atoms with Gasteiger partial charge in [-0.05, 0) is 31.0 Å². The minimum absolute atomic E-state index is 0.0922. The Morgan fingerprint density at radius 1 is 1.21 bits per heavy atom. The average Bonchev–Trinajstić information content (AvgIpc) is 3.35. The number of fused-ring (bicyclic) bond motifs is 1. The zero-order valence-corrected chi connectivity index (χ0v) is 16.2. The second kappa shape index (κ2) is 8.05. The van der Waals surface area contributed by atoms with Crippen molar-refractivity contribution in [3.8, 4) is 11.5 Å². The molecule has 9 heteroatoms. The lowest BCUT2D eigenvalue weighted by Crippen LogP contribution is -2.51. The molecule has 150 valence electrons. The molecule has 1 aromatic carbocycles. The number of benzene rings is 1. The van der Waals surface area contributed by atoms with E-state index < -0.39 is 0 Å². The van der Waals surface area contributed by atoms with E-state index >= 15 is 0 Å². The SMILES string of the molecule is CC[C@@H](NC(=O)N1CCN(Cc2ccc3c(c2)OCO3)CC1)c1nc(C)no1. The molecule has 0 radical (unpaired) electrons. The number of rotatable bonds is 5. The molecule has 1 atom stereocenters. The van der Waals surface area contributed by atoms with Gasteiger partial charge in [-0.25, -0.2) is 4.79 Å². The largest absolute Gasteiger partial charge is 0.454 e. The Morgan fingerprint density at radius 3 is 2.71 bits per heavy atom. The lowest BCUT2D eigenvalue weighted by atomic mass is 10.1. The first-order valence-electron chi connectivity index (χ1n) is 9.59. The summed E-state index contributed by atoms with van der Waals surface area (Å²) in [7, 11) is 0. The minimum Gasteiger partial charge on any atom is -0.454 e. The van der Waals surface area contributed by atoms with Gasteiger partial charge < -0.3 is 24.2 Å². The number of aromatic nitrogens is 2. The van der Waals surface area contributed by atoms with Crippen molar-refractivity contribution in [2.75, 3.05) is 33.0 Å². The zero-order chi connectivity index (χ0) is 19.5. The number of amides is 2. The first-order valence-corrected chi connectivity index (χ1v) is 9.59. The third-order valence-corrected chi connectivity index (χ3v) is 5.05. The Kier molecular flexibility index (Phi) is 5.34. The van der Waals surface area contributed by atoms with Crippen LogP contribution in [0.3, 0.4) is 0 Å². The third kappa shape index (κ3) is 4.04. The summed E-state index contributed by atoms with van der Waals surface area (Å²) in [4.78, 5) is 21.0. The summed E-state index contributed by atoms with van der Waals surface area (Å²) in [6.45, 7) is 7.84. The molecule has 2 aliphatic heterocycles. The second-order valence-electron chi connectivity index (χ2n) is 7.04. The summed E-state index contributed by atoms with van der Waals surface area (Å²) in [5.74, 6) is 2.62. The van der Waals surface area contributed by atoms with E-state index in [0.29, 0.717) is 31.2 Å². The number of hydrogen-bond acceptors (Lipinski definition) is 7. The molecule has 0 saturated carbocycles. The summed E-state index contributed by atoms with van der Waals surface area (Å²) in [5.41, 5.74) is 1.18. The maximum Gasteiger partial charge on any atom is 0.318 e. The predicted octanol–water partition coefficient (Wildman–Crippen LogP) is 2.09. The van der Waals surface area contributed by atoms with Crippen LogP contribution in [-0.2, 0) is 6.54 Å². The summed E-state index contributed by atoms with van der Waals surface area (Å²) in [6, 6.07) is 5.68. The molecule has 3 heterocycles. The van der Waals surface area contributed by atoms with Gasteiger partial charge in [0.15, 0.2) is 17.3 Å². The van der Waals surface area contributed by atoms with Crippen LogP contribution in [0.15, 0.2) is 22.7 Å². The summed E-state index contributed by atoms with van der Waals surface area (Å²) < 4.78 is 16.0. The van der Waals surface area contributed by atoms with Crippen LogP contribution in [0, 0.1) is 6.92 Å². The highest BCUT2D eigenvalue weighted by atomic mass is 16.7. The van der Waals surface area contributed by atoms with Crippen molar-refractivity contribution in [3.05, 3.63) is 35.5 Å². The van der Waals surface area contributed by atoms with Gasteiger partial charge in [-0.2, -0.15) is 4.98 Å². The molecule has 0 unspecified atom stereocenters. The normalized spacial score (nSPS) is 17.6. The molecular weight excluding hydrogens is 362 g/mol. The van der Waals surface area contributed by atoms with Gasteiger partial charge >= 0.3 is 6.03 Å². The van der Waals surface area contributed by atoms with Crippen LogP contribution in [0.4, 0.5) is 4.79 Å². The predicted molar refractivity (Wildman–Crippen MR) is 100 cm³/mol. The number of nitrogens with zero attached hydrogens (tertiary/aromatic N) is 4. The third-order valence-electron chi connectivity index (χ3n) is 5.05. The molecule has 2 aliphatic rings. The van der Waals surface area contributed by atoms with E-state index in [-0.39, 0.29) is 18.9 Å². The van der Waals surface area contributed by atoms with Gasteiger partial charge in [-0.3, -0.25) is 4.90 Å². The summed E-state index contributed by atoms with van der Waals surface area (Å²) >= 11 is 0. The van der Waals surface area contributed by atoms with Gasteiger partial charge in [0.1, 0.15) is 6.04 Å². The zero-order valence-electron chi connectivity index (χ0n) is 16.2. The number of urea groups is 1. The lowest BCUT2D eigenvalue weighted by molar-refractivity contribution is 0.132. The van der Waals surface area contributed by atoms with Crippen LogP contribution in [0.25, 0.3) is 0 Å². The maximum absolute atomic E-state index is 12.6. The van der Waals surface area contributed by atoms with Crippen molar-refractivity contribution >= 4 is 6.03 Å². The van der Waals surface area contributed by atoms with Gasteiger partial charge in [0.2, 0.25) is 12.7 Å². The van der Waals surface area contributed by atoms with Crippen LogP contribution in [0.2, 0.25) is 0 Å². The number of piperazine rings is 1. The Hall–Kier alpha value is -2.81. The van der Waals surface area contributed by atoms with E-state index in [0.717, 1.165) is 31.1 Å². The Morgan fingerprint density at radius 2 is 2.00 bits per heavy atom. The molecule has 0 bridgehead atoms. The van der Waals surface area contributed by atoms with Gasteiger partial charge in [-0.15, -0.1) is 0 Å². The molecule has 1 N–H and O–H groups in total. The lowest BCUT2D eigenvalue weighted by Gasteiger charge is -2.35. The fraction of sp³-hybridized carbons (Fsp3) is 0.526. The molecular formula is C19H25N5O4. The standard InChI is InChI=1S/C19H25N5O4/c1-3-15(18-20-13(2)22-28-18)21-19(25)24-8-6-23(7-9-24)11-14-4-5-16-17(10-14)27-12-26-16/h4-5,10,15H,3,6-9,11-12H2,1-2H3,(H,21,25)/t15-/m1/s1. The topological polar surface area (TPSA) is 93.0 Å². The minimum atomic E-state index is -0.264. The molecule has 4 rings (SSSR count). The molecule has 1 saturated heterocycles. The summed E-state index contributed by atoms with van der Waals surface area (Å²) in [5, 5.41) is 6.80. The van der Waals surface area contributed by atoms with Gasteiger partial charge in [0.05, 0.1) is 0 Å². The van der Waals surface area contributed by atoms with Crippen molar-refractivity contribution in [1.29, 1.82) is 0 Å². The van der Waals surface area contributed by atoms with E-state index in [2.05, 4.69) is 26.4 Å². The van der Waals surface area contributed by atoms with Crippen molar-refractivity contribution in [1.82, 2.24) is 25.3 Å². The van der Waals surface area contributed by atoms with E-state index in [9.17, 15) is 4.79 Å². The van der Waals surface area contributed by atoms with Crippen LogP contribution >= 0.6 is 0 Å². The number of hydrogen-bond donors (Lipinski definition) is 1. The quantitative estimate of drug-likeness (QED) is 0.840. The number of carbonyl (C=O) groups excluding carboxylic acids is 1.